The highest BCUT2D eigenvalue weighted by Gasteiger charge is 2.03. The van der Waals surface area contributed by atoms with Crippen molar-refractivity contribution in [2.75, 3.05) is 6.61 Å². The zero-order valence-corrected chi connectivity index (χ0v) is 11.4. The number of benzene rings is 1. The van der Waals surface area contributed by atoms with Gasteiger partial charge >= 0.3 is 0 Å². The Morgan fingerprint density at radius 1 is 1.35 bits per heavy atom. The molecule has 0 saturated heterocycles. The van der Waals surface area contributed by atoms with Crippen molar-refractivity contribution in [1.82, 2.24) is 9.55 Å². The molecule has 0 amide bonds. The Kier molecular flexibility index (Phi) is 4.20. The molecule has 0 saturated carbocycles. The number of aromatic nitrogens is 2. The second-order valence-corrected chi connectivity index (χ2v) is 4.35. The molecule has 0 unspecified atom stereocenters. The summed E-state index contributed by atoms with van der Waals surface area (Å²) in [5, 5.41) is 0.811. The van der Waals surface area contributed by atoms with E-state index >= 15 is 0 Å². The monoisotopic (exact) mass is 294 g/mol. The van der Waals surface area contributed by atoms with E-state index in [4.69, 9.17) is 4.74 Å². The first-order chi connectivity index (χ1) is 8.31. The van der Waals surface area contributed by atoms with Gasteiger partial charge in [-0.1, -0.05) is 34.1 Å². The molecule has 0 aliphatic carbocycles. The molecule has 0 radical (unpaired) electrons. The molecular formula is C13H15BrN2O. The second kappa shape index (κ2) is 5.87. The summed E-state index contributed by atoms with van der Waals surface area (Å²) in [6.07, 6.45) is 4.57. The first kappa shape index (κ1) is 12.2. The second-order valence-electron chi connectivity index (χ2n) is 3.79. The summed E-state index contributed by atoms with van der Waals surface area (Å²) in [5.74, 6) is 1.99. The van der Waals surface area contributed by atoms with Crippen molar-refractivity contribution in [2.24, 2.45) is 7.05 Å². The van der Waals surface area contributed by atoms with E-state index in [-0.39, 0.29) is 0 Å². The predicted octanol–water partition coefficient (Wildman–Crippen LogP) is 2.94. The summed E-state index contributed by atoms with van der Waals surface area (Å²) in [7, 11) is 1.99. The number of rotatable bonds is 5. The molecule has 1 heterocycles. The van der Waals surface area contributed by atoms with E-state index in [9.17, 15) is 0 Å². The number of para-hydroxylation sites is 1. The Hall–Kier alpha value is -1.29. The minimum absolute atomic E-state index is 0.648. The van der Waals surface area contributed by atoms with Crippen LogP contribution in [0.25, 0.3) is 0 Å². The Bertz CT molecular complexity index is 482. The fraction of sp³-hybridized carbons (Fsp3) is 0.308. The molecule has 0 spiro atoms. The van der Waals surface area contributed by atoms with Gasteiger partial charge in [0.25, 0.3) is 0 Å². The largest absolute Gasteiger partial charge is 0.493 e. The molecule has 0 aliphatic rings. The van der Waals surface area contributed by atoms with E-state index in [1.165, 1.54) is 5.56 Å². The first-order valence-electron chi connectivity index (χ1n) is 5.54. The third-order valence-corrected chi connectivity index (χ3v) is 3.22. The summed E-state index contributed by atoms with van der Waals surface area (Å²) in [6, 6.07) is 8.06. The van der Waals surface area contributed by atoms with Crippen molar-refractivity contribution in [3.63, 3.8) is 0 Å². The lowest BCUT2D eigenvalue weighted by molar-refractivity contribution is 0.315. The summed E-state index contributed by atoms with van der Waals surface area (Å²) in [5.41, 5.74) is 1.17. The Morgan fingerprint density at radius 2 is 2.18 bits per heavy atom. The third-order valence-electron chi connectivity index (χ3n) is 2.62. The van der Waals surface area contributed by atoms with E-state index in [0.29, 0.717) is 6.61 Å². The van der Waals surface area contributed by atoms with Gasteiger partial charge in [-0.3, -0.25) is 0 Å². The lowest BCUT2D eigenvalue weighted by Gasteiger charge is -2.09. The molecule has 0 fully saturated rings. The quantitative estimate of drug-likeness (QED) is 0.793. The fourth-order valence-corrected chi connectivity index (χ4v) is 2.11. The van der Waals surface area contributed by atoms with Gasteiger partial charge in [0.05, 0.1) is 6.61 Å². The highest BCUT2D eigenvalue weighted by atomic mass is 79.9. The number of aryl methyl sites for hydroxylation is 1. The van der Waals surface area contributed by atoms with Gasteiger partial charge in [-0.25, -0.2) is 4.98 Å². The number of halogens is 1. The Balaban J connectivity index is 1.92. The SMILES string of the molecule is Cn1ccnc1CCOc1ccccc1CBr. The summed E-state index contributed by atoms with van der Waals surface area (Å²) in [4.78, 5) is 4.26. The molecule has 0 aliphatic heterocycles. The Labute approximate surface area is 110 Å². The summed E-state index contributed by atoms with van der Waals surface area (Å²) in [6.45, 7) is 0.648. The molecule has 0 bridgehead atoms. The van der Waals surface area contributed by atoms with Gasteiger partial charge in [0, 0.05) is 36.8 Å². The average molecular weight is 295 g/mol. The zero-order chi connectivity index (χ0) is 12.1. The van der Waals surface area contributed by atoms with Crippen LogP contribution in [0.3, 0.4) is 0 Å². The number of imidazole rings is 1. The van der Waals surface area contributed by atoms with E-state index in [1.54, 1.807) is 0 Å². The van der Waals surface area contributed by atoms with E-state index in [1.807, 2.05) is 42.2 Å². The van der Waals surface area contributed by atoms with Crippen molar-refractivity contribution >= 4 is 15.9 Å². The van der Waals surface area contributed by atoms with Crippen LogP contribution in [0.4, 0.5) is 0 Å². The maximum absolute atomic E-state index is 5.77. The summed E-state index contributed by atoms with van der Waals surface area (Å²) < 4.78 is 7.79. The minimum Gasteiger partial charge on any atom is -0.493 e. The van der Waals surface area contributed by atoms with Crippen LogP contribution in [0.1, 0.15) is 11.4 Å². The molecule has 3 nitrogen and oxygen atoms in total. The fourth-order valence-electron chi connectivity index (χ4n) is 1.64. The number of alkyl halides is 1. The average Bonchev–Trinajstić information content (AvgIpc) is 2.76. The molecule has 17 heavy (non-hydrogen) atoms. The molecule has 0 N–H and O–H groups in total. The number of hydrogen-bond donors (Lipinski definition) is 0. The topological polar surface area (TPSA) is 27.1 Å². The highest BCUT2D eigenvalue weighted by Crippen LogP contribution is 2.20. The lowest BCUT2D eigenvalue weighted by atomic mass is 10.2. The van der Waals surface area contributed by atoms with E-state index in [0.717, 1.165) is 23.3 Å². The molecule has 4 heteroatoms. The third kappa shape index (κ3) is 3.09. The van der Waals surface area contributed by atoms with Gasteiger partial charge in [0.1, 0.15) is 11.6 Å². The summed E-state index contributed by atoms with van der Waals surface area (Å²) >= 11 is 3.45. The van der Waals surface area contributed by atoms with Crippen molar-refractivity contribution in [3.05, 3.63) is 48.0 Å². The van der Waals surface area contributed by atoms with E-state index in [2.05, 4.69) is 27.0 Å². The van der Waals surface area contributed by atoms with Crippen LogP contribution in [-0.4, -0.2) is 16.2 Å². The smallest absolute Gasteiger partial charge is 0.123 e. The van der Waals surface area contributed by atoms with E-state index < -0.39 is 0 Å². The number of ether oxygens (including phenoxy) is 1. The van der Waals surface area contributed by atoms with Gasteiger partial charge in [-0.05, 0) is 6.07 Å². The van der Waals surface area contributed by atoms with Crippen LogP contribution in [0, 0.1) is 0 Å². The van der Waals surface area contributed by atoms with Crippen molar-refractivity contribution in [2.45, 2.75) is 11.8 Å². The Morgan fingerprint density at radius 3 is 2.88 bits per heavy atom. The molecule has 0 atom stereocenters. The predicted molar refractivity (Wildman–Crippen MR) is 71.5 cm³/mol. The molecule has 90 valence electrons. The normalized spacial score (nSPS) is 10.5. The molecular weight excluding hydrogens is 280 g/mol. The van der Waals surface area contributed by atoms with Gasteiger partial charge in [-0.2, -0.15) is 0 Å². The van der Waals surface area contributed by atoms with Gasteiger partial charge < -0.3 is 9.30 Å². The first-order valence-corrected chi connectivity index (χ1v) is 6.66. The van der Waals surface area contributed by atoms with Crippen molar-refractivity contribution in [3.8, 4) is 5.75 Å². The molecule has 1 aromatic heterocycles. The lowest BCUT2D eigenvalue weighted by Crippen LogP contribution is -2.07. The van der Waals surface area contributed by atoms with Crippen LogP contribution in [0.5, 0.6) is 5.75 Å². The minimum atomic E-state index is 0.648. The number of hydrogen-bond acceptors (Lipinski definition) is 2. The maximum Gasteiger partial charge on any atom is 0.123 e. The highest BCUT2D eigenvalue weighted by molar-refractivity contribution is 9.08. The number of nitrogens with zero attached hydrogens (tertiary/aromatic N) is 2. The van der Waals surface area contributed by atoms with Gasteiger partial charge in [0.2, 0.25) is 0 Å². The standard InChI is InChI=1S/C13H15BrN2O/c1-16-8-7-15-13(16)6-9-17-12-5-3-2-4-11(12)10-14/h2-5,7-8H,6,9-10H2,1H3. The van der Waals surface area contributed by atoms with Crippen molar-refractivity contribution < 1.29 is 4.74 Å². The van der Waals surface area contributed by atoms with Crippen LogP contribution < -0.4 is 4.74 Å². The van der Waals surface area contributed by atoms with Crippen LogP contribution in [-0.2, 0) is 18.8 Å². The van der Waals surface area contributed by atoms with Gasteiger partial charge in [-0.15, -0.1) is 0 Å². The maximum atomic E-state index is 5.77. The van der Waals surface area contributed by atoms with Crippen LogP contribution in [0.15, 0.2) is 36.7 Å². The van der Waals surface area contributed by atoms with Crippen molar-refractivity contribution in [1.29, 1.82) is 0 Å². The van der Waals surface area contributed by atoms with Crippen LogP contribution in [0.2, 0.25) is 0 Å². The van der Waals surface area contributed by atoms with Gasteiger partial charge in [0.15, 0.2) is 0 Å². The molecule has 1 aromatic carbocycles. The molecule has 2 aromatic rings. The zero-order valence-electron chi connectivity index (χ0n) is 9.77. The van der Waals surface area contributed by atoms with Crippen LogP contribution >= 0.6 is 15.9 Å². The molecule has 2 rings (SSSR count).